The van der Waals surface area contributed by atoms with E-state index in [9.17, 15) is 8.78 Å². The first kappa shape index (κ1) is 13.0. The summed E-state index contributed by atoms with van der Waals surface area (Å²) in [7, 11) is 0. The summed E-state index contributed by atoms with van der Waals surface area (Å²) < 4.78 is 27.2. The molecule has 104 valence electrons. The molecule has 1 atom stereocenters. The fourth-order valence-corrected chi connectivity index (χ4v) is 3.30. The molecule has 1 fully saturated rings. The number of nitrogens with zero attached hydrogens (tertiary/aromatic N) is 1. The van der Waals surface area contributed by atoms with Gasteiger partial charge in [0.2, 0.25) is 0 Å². The number of fused-ring (bicyclic) bond motifs is 1. The Labute approximate surface area is 112 Å². The van der Waals surface area contributed by atoms with Crippen LogP contribution in [0.2, 0.25) is 0 Å². The summed E-state index contributed by atoms with van der Waals surface area (Å²) in [4.78, 5) is 2.26. The molecule has 19 heavy (non-hydrogen) atoms. The Morgan fingerprint density at radius 1 is 1.37 bits per heavy atom. The molecule has 4 heteroatoms. The van der Waals surface area contributed by atoms with Crippen LogP contribution in [0.25, 0.3) is 0 Å². The lowest BCUT2D eigenvalue weighted by molar-refractivity contribution is 0.161. The van der Waals surface area contributed by atoms with Gasteiger partial charge in [0, 0.05) is 31.7 Å². The van der Waals surface area contributed by atoms with Crippen molar-refractivity contribution in [2.75, 3.05) is 26.2 Å². The SMILES string of the molecule is CC1(CN2CCc3ccc(F)c(F)c3C2)CCNC1. The minimum atomic E-state index is -0.727. The Morgan fingerprint density at radius 2 is 2.21 bits per heavy atom. The van der Waals surface area contributed by atoms with Gasteiger partial charge in [0.25, 0.3) is 0 Å². The second kappa shape index (κ2) is 4.84. The zero-order valence-electron chi connectivity index (χ0n) is 11.3. The molecule has 1 aromatic carbocycles. The zero-order chi connectivity index (χ0) is 13.5. The first-order valence-corrected chi connectivity index (χ1v) is 6.96. The summed E-state index contributed by atoms with van der Waals surface area (Å²) in [6.07, 6.45) is 1.97. The summed E-state index contributed by atoms with van der Waals surface area (Å²) in [6.45, 7) is 6.77. The molecule has 1 aromatic rings. The summed E-state index contributed by atoms with van der Waals surface area (Å²) in [5, 5.41) is 3.38. The van der Waals surface area contributed by atoms with Crippen molar-refractivity contribution in [3.63, 3.8) is 0 Å². The van der Waals surface area contributed by atoms with Crippen molar-refractivity contribution in [3.8, 4) is 0 Å². The molecule has 0 radical (unpaired) electrons. The van der Waals surface area contributed by atoms with Crippen molar-refractivity contribution in [2.24, 2.45) is 5.41 Å². The molecule has 2 heterocycles. The number of hydrogen-bond donors (Lipinski definition) is 1. The van der Waals surface area contributed by atoms with E-state index in [4.69, 9.17) is 0 Å². The van der Waals surface area contributed by atoms with E-state index in [0.29, 0.717) is 12.1 Å². The van der Waals surface area contributed by atoms with Crippen LogP contribution in [0.3, 0.4) is 0 Å². The maximum absolute atomic E-state index is 13.9. The summed E-state index contributed by atoms with van der Waals surface area (Å²) in [6, 6.07) is 2.97. The van der Waals surface area contributed by atoms with Crippen LogP contribution in [0.5, 0.6) is 0 Å². The summed E-state index contributed by atoms with van der Waals surface area (Å²) in [5.41, 5.74) is 1.78. The van der Waals surface area contributed by atoms with Crippen LogP contribution in [0.15, 0.2) is 12.1 Å². The first-order valence-electron chi connectivity index (χ1n) is 6.96. The van der Waals surface area contributed by atoms with Crippen LogP contribution in [0.1, 0.15) is 24.5 Å². The minimum Gasteiger partial charge on any atom is -0.316 e. The van der Waals surface area contributed by atoms with Gasteiger partial charge in [-0.25, -0.2) is 8.78 Å². The highest BCUT2D eigenvalue weighted by Crippen LogP contribution is 2.29. The van der Waals surface area contributed by atoms with Gasteiger partial charge in [-0.3, -0.25) is 4.90 Å². The van der Waals surface area contributed by atoms with E-state index in [1.165, 1.54) is 6.07 Å². The minimum absolute atomic E-state index is 0.265. The van der Waals surface area contributed by atoms with E-state index in [1.54, 1.807) is 6.07 Å². The molecule has 0 bridgehead atoms. The van der Waals surface area contributed by atoms with Gasteiger partial charge in [-0.15, -0.1) is 0 Å². The number of halogens is 2. The molecule has 0 aliphatic carbocycles. The van der Waals surface area contributed by atoms with Crippen LogP contribution in [0.4, 0.5) is 8.78 Å². The van der Waals surface area contributed by atoms with Crippen LogP contribution in [-0.2, 0) is 13.0 Å². The normalized spacial score (nSPS) is 27.5. The van der Waals surface area contributed by atoms with E-state index in [0.717, 1.165) is 44.6 Å². The lowest BCUT2D eigenvalue weighted by atomic mass is 9.88. The fourth-order valence-electron chi connectivity index (χ4n) is 3.30. The molecule has 1 saturated heterocycles. The van der Waals surface area contributed by atoms with Gasteiger partial charge in [0.05, 0.1) is 0 Å². The first-order chi connectivity index (χ1) is 9.07. The molecule has 3 rings (SSSR count). The second-order valence-electron chi connectivity index (χ2n) is 6.20. The van der Waals surface area contributed by atoms with Gasteiger partial charge >= 0.3 is 0 Å². The fraction of sp³-hybridized carbons (Fsp3) is 0.600. The van der Waals surface area contributed by atoms with Crippen molar-refractivity contribution >= 4 is 0 Å². The molecule has 1 N–H and O–H groups in total. The summed E-state index contributed by atoms with van der Waals surface area (Å²) >= 11 is 0. The van der Waals surface area contributed by atoms with E-state index in [1.807, 2.05) is 0 Å². The zero-order valence-corrected chi connectivity index (χ0v) is 11.3. The molecule has 0 amide bonds. The van der Waals surface area contributed by atoms with E-state index in [-0.39, 0.29) is 5.41 Å². The highest BCUT2D eigenvalue weighted by molar-refractivity contribution is 5.31. The Bertz CT molecular complexity index is 481. The number of rotatable bonds is 2. The Hall–Kier alpha value is -1.00. The van der Waals surface area contributed by atoms with Gasteiger partial charge in [0.15, 0.2) is 11.6 Å². The molecule has 2 nitrogen and oxygen atoms in total. The average molecular weight is 266 g/mol. The maximum atomic E-state index is 13.9. The largest absolute Gasteiger partial charge is 0.316 e. The van der Waals surface area contributed by atoms with Crippen LogP contribution in [0, 0.1) is 17.0 Å². The standard InChI is InChI=1S/C15H20F2N2/c1-15(5-6-18-9-15)10-19-7-4-11-2-3-13(16)14(17)12(11)8-19/h2-3,18H,4-10H2,1H3. The lowest BCUT2D eigenvalue weighted by Crippen LogP contribution is -2.40. The quantitative estimate of drug-likeness (QED) is 0.884. The predicted molar refractivity (Wildman–Crippen MR) is 70.9 cm³/mol. The lowest BCUT2D eigenvalue weighted by Gasteiger charge is -2.35. The highest BCUT2D eigenvalue weighted by atomic mass is 19.2. The molecule has 0 saturated carbocycles. The summed E-state index contributed by atoms with van der Waals surface area (Å²) in [5.74, 6) is -1.38. The molecule has 2 aliphatic heterocycles. The molecule has 0 aromatic heterocycles. The van der Waals surface area contributed by atoms with Gasteiger partial charge in [0.1, 0.15) is 0 Å². The van der Waals surface area contributed by atoms with Gasteiger partial charge in [-0.05, 0) is 36.4 Å². The average Bonchev–Trinajstić information content (AvgIpc) is 2.81. The third-order valence-corrected chi connectivity index (χ3v) is 4.43. The monoisotopic (exact) mass is 266 g/mol. The number of hydrogen-bond acceptors (Lipinski definition) is 2. The number of nitrogens with one attached hydrogen (secondary N) is 1. The van der Waals surface area contributed by atoms with Crippen molar-refractivity contribution in [3.05, 3.63) is 34.9 Å². The Balaban J connectivity index is 1.76. The van der Waals surface area contributed by atoms with Crippen LogP contribution < -0.4 is 5.32 Å². The molecule has 2 aliphatic rings. The Morgan fingerprint density at radius 3 is 2.95 bits per heavy atom. The topological polar surface area (TPSA) is 15.3 Å². The predicted octanol–water partition coefficient (Wildman–Crippen LogP) is 2.32. The second-order valence-corrected chi connectivity index (χ2v) is 6.20. The third kappa shape index (κ3) is 2.51. The van der Waals surface area contributed by atoms with Crippen LogP contribution in [-0.4, -0.2) is 31.1 Å². The highest BCUT2D eigenvalue weighted by Gasteiger charge is 2.32. The maximum Gasteiger partial charge on any atom is 0.163 e. The molecule has 0 spiro atoms. The van der Waals surface area contributed by atoms with Crippen molar-refractivity contribution < 1.29 is 8.78 Å². The smallest absolute Gasteiger partial charge is 0.163 e. The van der Waals surface area contributed by atoms with Crippen molar-refractivity contribution in [2.45, 2.75) is 26.3 Å². The van der Waals surface area contributed by atoms with E-state index < -0.39 is 11.6 Å². The molecule has 1 unspecified atom stereocenters. The number of benzene rings is 1. The van der Waals surface area contributed by atoms with Crippen molar-refractivity contribution in [1.82, 2.24) is 10.2 Å². The Kier molecular flexibility index (Phi) is 3.31. The van der Waals surface area contributed by atoms with Crippen LogP contribution >= 0.6 is 0 Å². The third-order valence-electron chi connectivity index (χ3n) is 4.43. The van der Waals surface area contributed by atoms with Gasteiger partial charge < -0.3 is 5.32 Å². The molecular formula is C15H20F2N2. The van der Waals surface area contributed by atoms with E-state index in [2.05, 4.69) is 17.1 Å². The van der Waals surface area contributed by atoms with E-state index >= 15 is 0 Å². The van der Waals surface area contributed by atoms with Gasteiger partial charge in [-0.2, -0.15) is 0 Å². The van der Waals surface area contributed by atoms with Gasteiger partial charge in [-0.1, -0.05) is 13.0 Å². The van der Waals surface area contributed by atoms with Crippen molar-refractivity contribution in [1.29, 1.82) is 0 Å². The molecular weight excluding hydrogens is 246 g/mol.